The van der Waals surface area contributed by atoms with Gasteiger partial charge < -0.3 is 10.2 Å². The minimum Gasteiger partial charge on any atom is -0.371 e. The van der Waals surface area contributed by atoms with Crippen molar-refractivity contribution < 1.29 is 22.0 Å². The standard InChI is InChI=1S/C25H24F2N2O3S/c26-23-10-9-21(14-24(23)27)29-12-11-19(16-29)15-28-25(30)20-6-4-5-18(13-20)17-33(31,32)22-7-2-1-3-8-22/h1-10,13-14,19H,11-12,15-17H2,(H,28,30). The summed E-state index contributed by atoms with van der Waals surface area (Å²) in [5, 5.41) is 2.91. The molecule has 1 fully saturated rings. The van der Waals surface area contributed by atoms with Crippen LogP contribution in [0.25, 0.3) is 0 Å². The Morgan fingerprint density at radius 2 is 1.76 bits per heavy atom. The van der Waals surface area contributed by atoms with E-state index in [0.29, 0.717) is 36.4 Å². The van der Waals surface area contributed by atoms with E-state index in [2.05, 4.69) is 5.32 Å². The van der Waals surface area contributed by atoms with E-state index >= 15 is 0 Å². The largest absolute Gasteiger partial charge is 0.371 e. The third-order valence-corrected chi connectivity index (χ3v) is 7.46. The van der Waals surface area contributed by atoms with Gasteiger partial charge in [-0.05, 0) is 54.3 Å². The second-order valence-electron chi connectivity index (χ2n) is 8.18. The lowest BCUT2D eigenvalue weighted by atomic mass is 10.1. The van der Waals surface area contributed by atoms with Crippen LogP contribution in [-0.4, -0.2) is 34.0 Å². The molecule has 1 atom stereocenters. The van der Waals surface area contributed by atoms with Crippen molar-refractivity contribution in [1.82, 2.24) is 5.32 Å². The monoisotopic (exact) mass is 470 g/mol. The highest BCUT2D eigenvalue weighted by atomic mass is 32.2. The Morgan fingerprint density at radius 3 is 2.52 bits per heavy atom. The van der Waals surface area contributed by atoms with Crippen molar-refractivity contribution in [2.75, 3.05) is 24.5 Å². The summed E-state index contributed by atoms with van der Waals surface area (Å²) in [6.07, 6.45) is 0.814. The summed E-state index contributed by atoms with van der Waals surface area (Å²) in [6.45, 7) is 1.75. The molecule has 1 N–H and O–H groups in total. The summed E-state index contributed by atoms with van der Waals surface area (Å²) >= 11 is 0. The molecule has 1 aliphatic heterocycles. The number of hydrogen-bond acceptors (Lipinski definition) is 4. The number of nitrogens with one attached hydrogen (secondary N) is 1. The Balaban J connectivity index is 1.34. The third-order valence-electron chi connectivity index (χ3n) is 5.75. The van der Waals surface area contributed by atoms with Crippen LogP contribution in [0.3, 0.4) is 0 Å². The van der Waals surface area contributed by atoms with Crippen LogP contribution in [0.5, 0.6) is 0 Å². The lowest BCUT2D eigenvalue weighted by Gasteiger charge is -2.19. The van der Waals surface area contributed by atoms with E-state index in [4.69, 9.17) is 0 Å². The fourth-order valence-corrected chi connectivity index (χ4v) is 5.34. The number of carbonyl (C=O) groups is 1. The first kappa shape index (κ1) is 22.9. The Morgan fingerprint density at radius 1 is 0.970 bits per heavy atom. The van der Waals surface area contributed by atoms with Crippen LogP contribution in [-0.2, 0) is 15.6 Å². The molecule has 0 radical (unpaired) electrons. The smallest absolute Gasteiger partial charge is 0.251 e. The van der Waals surface area contributed by atoms with Crippen molar-refractivity contribution in [3.8, 4) is 0 Å². The van der Waals surface area contributed by atoms with Gasteiger partial charge in [-0.15, -0.1) is 0 Å². The number of hydrogen-bond donors (Lipinski definition) is 1. The van der Waals surface area contributed by atoms with E-state index < -0.39 is 21.5 Å². The molecule has 1 aliphatic rings. The fraction of sp³-hybridized carbons (Fsp3) is 0.240. The van der Waals surface area contributed by atoms with Gasteiger partial charge in [0.05, 0.1) is 10.6 Å². The van der Waals surface area contributed by atoms with Gasteiger partial charge in [-0.25, -0.2) is 17.2 Å². The minimum absolute atomic E-state index is 0.170. The van der Waals surface area contributed by atoms with Crippen LogP contribution in [0.2, 0.25) is 0 Å². The highest BCUT2D eigenvalue weighted by Crippen LogP contribution is 2.25. The summed E-state index contributed by atoms with van der Waals surface area (Å²) < 4.78 is 51.9. The lowest BCUT2D eigenvalue weighted by molar-refractivity contribution is 0.0948. The SMILES string of the molecule is O=C(NCC1CCN(c2ccc(F)c(F)c2)C1)c1cccc(CS(=O)(=O)c2ccccc2)c1. The van der Waals surface area contributed by atoms with Crippen molar-refractivity contribution in [3.05, 3.63) is 95.6 Å². The number of carbonyl (C=O) groups excluding carboxylic acids is 1. The van der Waals surface area contributed by atoms with Crippen LogP contribution in [0.1, 0.15) is 22.3 Å². The molecular weight excluding hydrogens is 446 g/mol. The average Bonchev–Trinajstić information content (AvgIpc) is 3.29. The molecule has 8 heteroatoms. The van der Waals surface area contributed by atoms with Crippen LogP contribution in [0, 0.1) is 17.6 Å². The average molecular weight is 471 g/mol. The Kier molecular flexibility index (Phi) is 6.74. The summed E-state index contributed by atoms with van der Waals surface area (Å²) in [5.74, 6) is -2.05. The zero-order valence-corrected chi connectivity index (χ0v) is 18.7. The third kappa shape index (κ3) is 5.57. The predicted molar refractivity (Wildman–Crippen MR) is 123 cm³/mol. The molecule has 1 amide bonds. The van der Waals surface area contributed by atoms with Gasteiger partial charge in [0.2, 0.25) is 0 Å². The molecule has 5 nitrogen and oxygen atoms in total. The molecule has 4 rings (SSSR count). The molecule has 3 aromatic rings. The summed E-state index contributed by atoms with van der Waals surface area (Å²) in [5.41, 5.74) is 1.55. The summed E-state index contributed by atoms with van der Waals surface area (Å²) in [4.78, 5) is 14.9. The molecule has 0 bridgehead atoms. The van der Waals surface area contributed by atoms with E-state index in [0.717, 1.165) is 12.5 Å². The molecule has 0 aliphatic carbocycles. The zero-order chi connectivity index (χ0) is 23.4. The minimum atomic E-state index is -3.51. The molecule has 1 saturated heterocycles. The summed E-state index contributed by atoms with van der Waals surface area (Å²) in [7, 11) is -3.51. The second-order valence-corrected chi connectivity index (χ2v) is 10.2. The van der Waals surface area contributed by atoms with Crippen LogP contribution in [0.15, 0.2) is 77.7 Å². The van der Waals surface area contributed by atoms with E-state index in [1.807, 2.05) is 4.90 Å². The zero-order valence-electron chi connectivity index (χ0n) is 17.9. The van der Waals surface area contributed by atoms with Gasteiger partial charge in [0.25, 0.3) is 5.91 Å². The number of nitrogens with zero attached hydrogens (tertiary/aromatic N) is 1. The highest BCUT2D eigenvalue weighted by molar-refractivity contribution is 7.90. The normalized spacial score (nSPS) is 16.1. The molecule has 172 valence electrons. The van der Waals surface area contributed by atoms with Crippen molar-refractivity contribution in [2.24, 2.45) is 5.92 Å². The Labute approximate surface area is 192 Å². The van der Waals surface area contributed by atoms with Gasteiger partial charge in [-0.3, -0.25) is 4.79 Å². The van der Waals surface area contributed by atoms with Gasteiger partial charge >= 0.3 is 0 Å². The van der Waals surface area contributed by atoms with Crippen molar-refractivity contribution >= 4 is 21.4 Å². The predicted octanol–water partition coefficient (Wildman–Crippen LogP) is 4.20. The van der Waals surface area contributed by atoms with Gasteiger partial charge in [0.1, 0.15) is 0 Å². The van der Waals surface area contributed by atoms with Crippen LogP contribution >= 0.6 is 0 Å². The molecular formula is C25H24F2N2O3S. The van der Waals surface area contributed by atoms with Crippen molar-refractivity contribution in [1.29, 1.82) is 0 Å². The number of benzene rings is 3. The number of amides is 1. The molecule has 0 spiro atoms. The number of anilines is 1. The summed E-state index contributed by atoms with van der Waals surface area (Å²) in [6, 6.07) is 18.7. The Hall–Kier alpha value is -3.26. The number of rotatable bonds is 7. The van der Waals surface area contributed by atoms with Crippen molar-refractivity contribution in [2.45, 2.75) is 17.1 Å². The van der Waals surface area contributed by atoms with Crippen LogP contribution < -0.4 is 10.2 Å². The van der Waals surface area contributed by atoms with Crippen LogP contribution in [0.4, 0.5) is 14.5 Å². The first-order valence-electron chi connectivity index (χ1n) is 10.7. The molecule has 1 unspecified atom stereocenters. The van der Waals surface area contributed by atoms with Crippen molar-refractivity contribution in [3.63, 3.8) is 0 Å². The fourth-order valence-electron chi connectivity index (χ4n) is 3.99. The maximum atomic E-state index is 13.5. The first-order chi connectivity index (χ1) is 15.8. The Bertz CT molecular complexity index is 1250. The molecule has 0 aromatic heterocycles. The molecule has 3 aromatic carbocycles. The second kappa shape index (κ2) is 9.70. The maximum Gasteiger partial charge on any atom is 0.251 e. The highest BCUT2D eigenvalue weighted by Gasteiger charge is 2.24. The van der Waals surface area contributed by atoms with E-state index in [1.165, 1.54) is 6.07 Å². The van der Waals surface area contributed by atoms with Gasteiger partial charge in [0, 0.05) is 37.0 Å². The lowest BCUT2D eigenvalue weighted by Crippen LogP contribution is -2.31. The number of halogens is 2. The van der Waals surface area contributed by atoms with Gasteiger partial charge in [-0.2, -0.15) is 0 Å². The molecule has 1 heterocycles. The van der Waals surface area contributed by atoms with Gasteiger partial charge in [0.15, 0.2) is 21.5 Å². The van der Waals surface area contributed by atoms with Gasteiger partial charge in [-0.1, -0.05) is 30.3 Å². The number of sulfone groups is 1. The quantitative estimate of drug-likeness (QED) is 0.562. The van der Waals surface area contributed by atoms with E-state index in [-0.39, 0.29) is 22.5 Å². The first-order valence-corrected chi connectivity index (χ1v) is 12.3. The van der Waals surface area contributed by atoms with E-state index in [1.54, 1.807) is 60.7 Å². The maximum absolute atomic E-state index is 13.5. The topological polar surface area (TPSA) is 66.5 Å². The van der Waals surface area contributed by atoms with E-state index in [9.17, 15) is 22.0 Å². The molecule has 0 saturated carbocycles. The molecule has 33 heavy (non-hydrogen) atoms.